The van der Waals surface area contributed by atoms with E-state index in [9.17, 15) is 9.59 Å². The van der Waals surface area contributed by atoms with Crippen LogP contribution in [0.4, 0.5) is 0 Å². The average molecular weight is 423 g/mol. The van der Waals surface area contributed by atoms with Crippen molar-refractivity contribution in [1.29, 1.82) is 0 Å². The minimum atomic E-state index is -2.32. The van der Waals surface area contributed by atoms with E-state index in [0.29, 0.717) is 11.3 Å². The molecule has 1 aliphatic heterocycles. The van der Waals surface area contributed by atoms with Crippen LogP contribution in [0.15, 0.2) is 29.8 Å². The Morgan fingerprint density at radius 3 is 2.31 bits per heavy atom. The van der Waals surface area contributed by atoms with E-state index in [1.807, 2.05) is 19.6 Å². The predicted molar refractivity (Wildman–Crippen MR) is 111 cm³/mol. The molecule has 1 unspecified atom stereocenters. The fraction of sp³-hybridized carbons (Fsp3) is 0.524. The molecule has 1 aliphatic rings. The van der Waals surface area contributed by atoms with E-state index in [1.165, 1.54) is 7.11 Å². The van der Waals surface area contributed by atoms with Crippen molar-refractivity contribution in [2.24, 2.45) is 0 Å². The van der Waals surface area contributed by atoms with Crippen LogP contribution in [0.2, 0.25) is 19.6 Å². The molecular formula is C21H30O7Si. The summed E-state index contributed by atoms with van der Waals surface area (Å²) in [7, 11) is 0.489. The van der Waals surface area contributed by atoms with Crippen molar-refractivity contribution in [3.05, 3.63) is 35.4 Å². The van der Waals surface area contributed by atoms with Crippen LogP contribution >= 0.6 is 0 Å². The van der Waals surface area contributed by atoms with Crippen LogP contribution in [0, 0.1) is 0 Å². The minimum Gasteiger partial charge on any atom is -0.497 e. The molecule has 0 amide bonds. The van der Waals surface area contributed by atoms with E-state index in [1.54, 1.807) is 52.1 Å². The molecule has 1 atom stereocenters. The van der Waals surface area contributed by atoms with Gasteiger partial charge in [0, 0.05) is 5.56 Å². The van der Waals surface area contributed by atoms with Crippen LogP contribution < -0.4 is 4.74 Å². The highest BCUT2D eigenvalue weighted by atomic mass is 28.4. The lowest BCUT2D eigenvalue weighted by Crippen LogP contribution is -2.53. The Hall–Kier alpha value is -2.32. The van der Waals surface area contributed by atoms with E-state index in [0.717, 1.165) is 0 Å². The first-order chi connectivity index (χ1) is 13.3. The fourth-order valence-corrected chi connectivity index (χ4v) is 4.34. The van der Waals surface area contributed by atoms with E-state index in [-0.39, 0.29) is 17.9 Å². The van der Waals surface area contributed by atoms with E-state index in [2.05, 4.69) is 0 Å². The van der Waals surface area contributed by atoms with E-state index in [4.69, 9.17) is 23.4 Å². The van der Waals surface area contributed by atoms with Crippen molar-refractivity contribution in [2.45, 2.75) is 51.6 Å². The van der Waals surface area contributed by atoms with Crippen LogP contribution in [0.1, 0.15) is 26.3 Å². The number of esters is 2. The standard InChI is InChI=1S/C21H30O7Si/c1-20(2,3)27-18(22)16-17(14-10-9-11-15(12-14)24-4)26-13-21(16,19(23)25-5)28-29(6,7)8/h9-12H,13H2,1-8H3. The van der Waals surface area contributed by atoms with Gasteiger partial charge in [0.25, 0.3) is 0 Å². The van der Waals surface area contributed by atoms with E-state index < -0.39 is 31.5 Å². The molecule has 7 nitrogen and oxygen atoms in total. The predicted octanol–water partition coefficient (Wildman–Crippen LogP) is 3.54. The highest BCUT2D eigenvalue weighted by Crippen LogP contribution is 2.42. The first-order valence-electron chi connectivity index (χ1n) is 9.37. The molecule has 0 fully saturated rings. The molecule has 0 saturated heterocycles. The minimum absolute atomic E-state index is 0.00922. The van der Waals surface area contributed by atoms with E-state index >= 15 is 0 Å². The number of hydrogen-bond donors (Lipinski definition) is 0. The third kappa shape index (κ3) is 5.19. The molecule has 0 bridgehead atoms. The number of methoxy groups -OCH3 is 2. The second-order valence-electron chi connectivity index (χ2n) is 8.76. The molecule has 8 heteroatoms. The van der Waals surface area contributed by atoms with Crippen LogP contribution in [0.3, 0.4) is 0 Å². The normalized spacial score (nSPS) is 19.6. The molecule has 1 aromatic rings. The molecule has 0 N–H and O–H groups in total. The van der Waals surface area contributed by atoms with Crippen molar-refractivity contribution in [3.8, 4) is 5.75 Å². The highest BCUT2D eigenvalue weighted by molar-refractivity contribution is 6.70. The monoisotopic (exact) mass is 422 g/mol. The summed E-state index contributed by atoms with van der Waals surface area (Å²) >= 11 is 0. The average Bonchev–Trinajstić information content (AvgIpc) is 2.98. The molecule has 29 heavy (non-hydrogen) atoms. The van der Waals surface area contributed by atoms with Gasteiger partial charge in [-0.3, -0.25) is 0 Å². The Bertz CT molecular complexity index is 817. The number of benzene rings is 1. The zero-order chi connectivity index (χ0) is 22.0. The summed E-state index contributed by atoms with van der Waals surface area (Å²) in [6, 6.07) is 7.04. The van der Waals surface area contributed by atoms with Gasteiger partial charge in [-0.1, -0.05) is 12.1 Å². The summed E-state index contributed by atoms with van der Waals surface area (Å²) in [6.45, 7) is 10.9. The lowest BCUT2D eigenvalue weighted by atomic mass is 9.93. The molecule has 160 valence electrons. The first kappa shape index (κ1) is 23.0. The summed E-state index contributed by atoms with van der Waals surface area (Å²) in [4.78, 5) is 26.2. The summed E-state index contributed by atoms with van der Waals surface area (Å²) < 4.78 is 28.1. The van der Waals surface area contributed by atoms with Gasteiger partial charge in [0.1, 0.15) is 29.3 Å². The van der Waals surface area contributed by atoms with Gasteiger partial charge in [-0.2, -0.15) is 0 Å². The van der Waals surface area contributed by atoms with Gasteiger partial charge in [0.2, 0.25) is 5.60 Å². The lowest BCUT2D eigenvalue weighted by Gasteiger charge is -2.34. The Morgan fingerprint density at radius 2 is 1.79 bits per heavy atom. The molecule has 0 saturated carbocycles. The van der Waals surface area contributed by atoms with Crippen LogP contribution in [-0.2, 0) is 28.2 Å². The molecule has 0 aromatic heterocycles. The second-order valence-corrected chi connectivity index (χ2v) is 13.2. The number of rotatable bonds is 6. The van der Waals surface area contributed by atoms with Crippen molar-refractivity contribution in [2.75, 3.05) is 20.8 Å². The molecule has 0 aliphatic carbocycles. The third-order valence-electron chi connectivity index (χ3n) is 3.98. The third-order valence-corrected chi connectivity index (χ3v) is 4.94. The quantitative estimate of drug-likeness (QED) is 0.512. The smallest absolute Gasteiger partial charge is 0.345 e. The van der Waals surface area contributed by atoms with Gasteiger partial charge in [0.05, 0.1) is 14.2 Å². The topological polar surface area (TPSA) is 80.3 Å². The van der Waals surface area contributed by atoms with Gasteiger partial charge in [-0.25, -0.2) is 9.59 Å². The van der Waals surface area contributed by atoms with Crippen LogP contribution in [0.25, 0.3) is 5.76 Å². The van der Waals surface area contributed by atoms with Gasteiger partial charge in [0.15, 0.2) is 8.32 Å². The number of carbonyl (C=O) groups excluding carboxylic acids is 2. The summed E-state index contributed by atoms with van der Waals surface area (Å²) in [5, 5.41) is 0. The Balaban J connectivity index is 2.74. The Morgan fingerprint density at radius 1 is 1.14 bits per heavy atom. The van der Waals surface area contributed by atoms with Gasteiger partial charge < -0.3 is 23.4 Å². The molecule has 0 spiro atoms. The van der Waals surface area contributed by atoms with Crippen LogP contribution in [-0.4, -0.2) is 52.3 Å². The van der Waals surface area contributed by atoms with Crippen LogP contribution in [0.5, 0.6) is 5.75 Å². The first-order valence-corrected chi connectivity index (χ1v) is 12.8. The largest absolute Gasteiger partial charge is 0.497 e. The molecular weight excluding hydrogens is 392 g/mol. The molecule has 2 rings (SSSR count). The Kier molecular flexibility index (Phi) is 6.49. The lowest BCUT2D eigenvalue weighted by molar-refractivity contribution is -0.164. The highest BCUT2D eigenvalue weighted by Gasteiger charge is 2.57. The molecule has 1 heterocycles. The summed E-state index contributed by atoms with van der Waals surface area (Å²) in [5.74, 6) is -0.569. The van der Waals surface area contributed by atoms with Crippen molar-refractivity contribution >= 4 is 26.0 Å². The summed E-state index contributed by atoms with van der Waals surface area (Å²) in [6.07, 6.45) is 0. The van der Waals surface area contributed by atoms with Crippen molar-refractivity contribution in [1.82, 2.24) is 0 Å². The zero-order valence-corrected chi connectivity index (χ0v) is 19.4. The van der Waals surface area contributed by atoms with Gasteiger partial charge in [-0.05, 0) is 52.5 Å². The molecule has 1 aromatic carbocycles. The fourth-order valence-electron chi connectivity index (χ4n) is 3.05. The number of ether oxygens (including phenoxy) is 4. The number of hydrogen-bond acceptors (Lipinski definition) is 7. The zero-order valence-electron chi connectivity index (χ0n) is 18.4. The Labute approximate surface area is 173 Å². The SMILES string of the molecule is COC(=O)C1(O[Si](C)(C)C)COC(c2cccc(OC)c2)=C1C(=O)OC(C)(C)C. The maximum atomic E-state index is 13.3. The van der Waals surface area contributed by atoms with Crippen molar-refractivity contribution in [3.63, 3.8) is 0 Å². The maximum absolute atomic E-state index is 13.3. The number of carbonyl (C=O) groups is 2. The second kappa shape index (κ2) is 8.20. The van der Waals surface area contributed by atoms with Gasteiger partial charge >= 0.3 is 11.9 Å². The maximum Gasteiger partial charge on any atom is 0.345 e. The molecule has 0 radical (unpaired) electrons. The summed E-state index contributed by atoms with van der Waals surface area (Å²) in [5.41, 5.74) is -1.88. The van der Waals surface area contributed by atoms with Gasteiger partial charge in [-0.15, -0.1) is 0 Å². The van der Waals surface area contributed by atoms with Crippen molar-refractivity contribution < 1.29 is 33.0 Å².